The molecular weight excluding hydrogens is 164 g/mol. The molecule has 13 heavy (non-hydrogen) atoms. The van der Waals surface area contributed by atoms with E-state index in [2.05, 4.69) is 23.3 Å². The van der Waals surface area contributed by atoms with Crippen LogP contribution in [0.15, 0.2) is 18.7 Å². The van der Waals surface area contributed by atoms with Crippen LogP contribution in [0.1, 0.15) is 13.3 Å². The molecule has 1 unspecified atom stereocenters. The van der Waals surface area contributed by atoms with Gasteiger partial charge in [0.05, 0.1) is 12.4 Å². The van der Waals surface area contributed by atoms with Crippen LogP contribution in [0.25, 0.3) is 0 Å². The molecule has 4 nitrogen and oxygen atoms in total. The van der Waals surface area contributed by atoms with Gasteiger partial charge in [0.2, 0.25) is 0 Å². The summed E-state index contributed by atoms with van der Waals surface area (Å²) in [7, 11) is 0. The number of imidazole rings is 1. The molecule has 1 rings (SSSR count). The van der Waals surface area contributed by atoms with Gasteiger partial charge in [-0.1, -0.05) is 0 Å². The number of nitrogens with one attached hydrogen (secondary N) is 1. The van der Waals surface area contributed by atoms with E-state index in [1.54, 1.807) is 12.5 Å². The number of rotatable bonds is 5. The second-order valence-corrected chi connectivity index (χ2v) is 3.02. The molecule has 1 atom stereocenters. The molecule has 1 aromatic heterocycles. The maximum Gasteiger partial charge on any atom is 0.0946 e. The summed E-state index contributed by atoms with van der Waals surface area (Å²) < 4.78 is 2.02. The molecule has 0 aromatic carbocycles. The van der Waals surface area contributed by atoms with E-state index in [9.17, 15) is 0 Å². The van der Waals surface area contributed by atoms with Crippen molar-refractivity contribution in [1.82, 2.24) is 14.9 Å². The minimum Gasteiger partial charge on any atom is -0.336 e. The van der Waals surface area contributed by atoms with Gasteiger partial charge < -0.3 is 9.88 Å². The molecule has 0 bridgehead atoms. The van der Waals surface area contributed by atoms with Crippen LogP contribution in [0.5, 0.6) is 0 Å². The highest BCUT2D eigenvalue weighted by Gasteiger charge is 2.00. The fourth-order valence-electron chi connectivity index (χ4n) is 1.15. The Hall–Kier alpha value is -1.34. The summed E-state index contributed by atoms with van der Waals surface area (Å²) in [5, 5.41) is 11.6. The van der Waals surface area contributed by atoms with Crippen molar-refractivity contribution in [1.29, 1.82) is 5.26 Å². The molecular formula is C9H14N4. The van der Waals surface area contributed by atoms with E-state index in [4.69, 9.17) is 5.26 Å². The van der Waals surface area contributed by atoms with Gasteiger partial charge in [0.1, 0.15) is 0 Å². The van der Waals surface area contributed by atoms with Gasteiger partial charge in [0.25, 0.3) is 0 Å². The smallest absolute Gasteiger partial charge is 0.0946 e. The van der Waals surface area contributed by atoms with Crippen molar-refractivity contribution in [2.75, 3.05) is 6.54 Å². The van der Waals surface area contributed by atoms with Crippen molar-refractivity contribution >= 4 is 0 Å². The van der Waals surface area contributed by atoms with Gasteiger partial charge in [0, 0.05) is 37.9 Å². The predicted molar refractivity (Wildman–Crippen MR) is 49.9 cm³/mol. The summed E-state index contributed by atoms with van der Waals surface area (Å²) in [6, 6.07) is 2.48. The third-order valence-electron chi connectivity index (χ3n) is 1.77. The van der Waals surface area contributed by atoms with Gasteiger partial charge in [-0.15, -0.1) is 0 Å². The van der Waals surface area contributed by atoms with E-state index in [-0.39, 0.29) is 0 Å². The molecule has 0 radical (unpaired) electrons. The number of nitriles is 1. The number of nitrogens with zero attached hydrogens (tertiary/aromatic N) is 3. The molecule has 1 heterocycles. The van der Waals surface area contributed by atoms with Crippen molar-refractivity contribution in [2.24, 2.45) is 0 Å². The minimum absolute atomic E-state index is 0.377. The normalized spacial score (nSPS) is 12.3. The van der Waals surface area contributed by atoms with E-state index < -0.39 is 0 Å². The summed E-state index contributed by atoms with van der Waals surface area (Å²) in [5.41, 5.74) is 0. The fraction of sp³-hybridized carbons (Fsp3) is 0.556. The van der Waals surface area contributed by atoms with E-state index in [0.29, 0.717) is 12.5 Å². The second kappa shape index (κ2) is 5.33. The predicted octanol–water partition coefficient (Wildman–Crippen LogP) is 0.775. The van der Waals surface area contributed by atoms with Crippen molar-refractivity contribution in [3.63, 3.8) is 0 Å². The molecule has 0 aliphatic heterocycles. The number of hydrogen-bond donors (Lipinski definition) is 1. The minimum atomic E-state index is 0.377. The topological polar surface area (TPSA) is 53.6 Å². The Morgan fingerprint density at radius 3 is 3.15 bits per heavy atom. The number of hydrogen-bond acceptors (Lipinski definition) is 3. The first kappa shape index (κ1) is 9.75. The van der Waals surface area contributed by atoms with Crippen LogP contribution in [0.2, 0.25) is 0 Å². The quantitative estimate of drug-likeness (QED) is 0.678. The lowest BCUT2D eigenvalue weighted by Crippen LogP contribution is -2.30. The van der Waals surface area contributed by atoms with Crippen LogP contribution in [-0.2, 0) is 6.54 Å². The largest absolute Gasteiger partial charge is 0.336 e. The van der Waals surface area contributed by atoms with E-state index in [1.165, 1.54) is 0 Å². The maximum absolute atomic E-state index is 8.33. The molecule has 0 saturated heterocycles. The summed E-state index contributed by atoms with van der Waals surface area (Å²) in [6.07, 6.45) is 6.06. The van der Waals surface area contributed by atoms with Crippen LogP contribution in [0, 0.1) is 11.3 Å². The van der Waals surface area contributed by atoms with Crippen LogP contribution in [0.3, 0.4) is 0 Å². The average molecular weight is 178 g/mol. The van der Waals surface area contributed by atoms with Gasteiger partial charge in [-0.3, -0.25) is 0 Å². The second-order valence-electron chi connectivity index (χ2n) is 3.02. The third-order valence-corrected chi connectivity index (χ3v) is 1.77. The Kier molecular flexibility index (Phi) is 4.00. The third kappa shape index (κ3) is 3.72. The summed E-state index contributed by atoms with van der Waals surface area (Å²) >= 11 is 0. The summed E-state index contributed by atoms with van der Waals surface area (Å²) in [4.78, 5) is 3.95. The Bertz CT molecular complexity index is 260. The molecule has 0 amide bonds. The molecule has 0 spiro atoms. The summed E-state index contributed by atoms with van der Waals surface area (Å²) in [6.45, 7) is 3.75. The van der Waals surface area contributed by atoms with Crippen molar-refractivity contribution < 1.29 is 0 Å². The first-order chi connectivity index (χ1) is 6.33. The highest BCUT2D eigenvalue weighted by Crippen LogP contribution is 1.91. The highest BCUT2D eigenvalue weighted by atomic mass is 15.1. The zero-order chi connectivity index (χ0) is 9.52. The molecule has 0 aliphatic carbocycles. The monoisotopic (exact) mass is 178 g/mol. The Labute approximate surface area is 78.2 Å². The van der Waals surface area contributed by atoms with Crippen molar-refractivity contribution in [3.8, 4) is 6.07 Å². The SMILES string of the molecule is CC(Cn1ccnc1)NCCC#N. The zero-order valence-corrected chi connectivity index (χ0v) is 7.77. The first-order valence-corrected chi connectivity index (χ1v) is 4.39. The Balaban J connectivity index is 2.19. The molecule has 4 heteroatoms. The molecule has 1 N–H and O–H groups in total. The lowest BCUT2D eigenvalue weighted by molar-refractivity contribution is 0.482. The summed E-state index contributed by atoms with van der Waals surface area (Å²) in [5.74, 6) is 0. The van der Waals surface area contributed by atoms with Gasteiger partial charge in [-0.05, 0) is 6.92 Å². The van der Waals surface area contributed by atoms with E-state index in [0.717, 1.165) is 13.1 Å². The highest BCUT2D eigenvalue weighted by molar-refractivity contribution is 4.77. The van der Waals surface area contributed by atoms with Crippen molar-refractivity contribution in [3.05, 3.63) is 18.7 Å². The molecule has 0 aliphatic rings. The van der Waals surface area contributed by atoms with Crippen LogP contribution >= 0.6 is 0 Å². The van der Waals surface area contributed by atoms with Gasteiger partial charge >= 0.3 is 0 Å². The van der Waals surface area contributed by atoms with Crippen LogP contribution < -0.4 is 5.32 Å². The molecule has 1 aromatic rings. The Morgan fingerprint density at radius 1 is 1.69 bits per heavy atom. The molecule has 0 saturated carbocycles. The lowest BCUT2D eigenvalue weighted by Gasteiger charge is -2.12. The Morgan fingerprint density at radius 2 is 2.54 bits per heavy atom. The van der Waals surface area contributed by atoms with E-state index >= 15 is 0 Å². The standard InChI is InChI=1S/C9H14N4/c1-9(12-4-2-3-10)7-13-6-5-11-8-13/h5-6,8-9,12H,2,4,7H2,1H3. The van der Waals surface area contributed by atoms with Crippen molar-refractivity contribution in [2.45, 2.75) is 25.9 Å². The molecule has 70 valence electrons. The average Bonchev–Trinajstić information content (AvgIpc) is 2.57. The maximum atomic E-state index is 8.33. The van der Waals surface area contributed by atoms with Gasteiger partial charge in [-0.25, -0.2) is 4.98 Å². The fourth-order valence-corrected chi connectivity index (χ4v) is 1.15. The van der Waals surface area contributed by atoms with Crippen LogP contribution in [0.4, 0.5) is 0 Å². The first-order valence-electron chi connectivity index (χ1n) is 4.39. The zero-order valence-electron chi connectivity index (χ0n) is 7.77. The molecule has 0 fully saturated rings. The van der Waals surface area contributed by atoms with Gasteiger partial charge in [0.15, 0.2) is 0 Å². The van der Waals surface area contributed by atoms with Crippen LogP contribution in [-0.4, -0.2) is 22.1 Å². The van der Waals surface area contributed by atoms with Gasteiger partial charge in [-0.2, -0.15) is 5.26 Å². The number of aromatic nitrogens is 2. The van der Waals surface area contributed by atoms with E-state index in [1.807, 2.05) is 10.8 Å². The lowest BCUT2D eigenvalue weighted by atomic mass is 10.3.